The van der Waals surface area contributed by atoms with Gasteiger partial charge in [0.15, 0.2) is 0 Å². The molecule has 2 aromatic rings. The number of nitrogens with zero attached hydrogens (tertiary/aromatic N) is 1. The molecule has 0 aromatic heterocycles. The van der Waals surface area contributed by atoms with Gasteiger partial charge in [-0.2, -0.15) is 0 Å². The molecule has 2 aromatic carbocycles. The van der Waals surface area contributed by atoms with Crippen molar-refractivity contribution in [1.29, 1.82) is 0 Å². The van der Waals surface area contributed by atoms with E-state index in [0.29, 0.717) is 6.61 Å². The van der Waals surface area contributed by atoms with Crippen molar-refractivity contribution in [2.24, 2.45) is 0 Å². The molecule has 1 amide bonds. The van der Waals surface area contributed by atoms with Crippen LogP contribution in [0.3, 0.4) is 0 Å². The number of carbonyl (C=O) groups is 2. The molecule has 0 aliphatic carbocycles. The zero-order valence-electron chi connectivity index (χ0n) is 16.0. The highest BCUT2D eigenvalue weighted by molar-refractivity contribution is 8.00. The first-order chi connectivity index (χ1) is 13.0. The summed E-state index contributed by atoms with van der Waals surface area (Å²) in [6.45, 7) is 6.08. The van der Waals surface area contributed by atoms with Gasteiger partial charge in [0.25, 0.3) is 0 Å². The number of rotatable bonds is 9. The molecular formula is C21H26N2O3S. The van der Waals surface area contributed by atoms with Crippen molar-refractivity contribution in [2.45, 2.75) is 26.8 Å². The maximum Gasteiger partial charge on any atom is 0.315 e. The second-order valence-electron chi connectivity index (χ2n) is 6.19. The van der Waals surface area contributed by atoms with Gasteiger partial charge >= 0.3 is 5.97 Å². The van der Waals surface area contributed by atoms with Crippen LogP contribution in [0.1, 0.15) is 20.8 Å². The Kier molecular flexibility index (Phi) is 8.20. The molecule has 2 rings (SSSR count). The van der Waals surface area contributed by atoms with Crippen molar-refractivity contribution in [1.82, 2.24) is 0 Å². The van der Waals surface area contributed by atoms with Gasteiger partial charge in [0.05, 0.1) is 18.1 Å². The number of para-hydroxylation sites is 1. The number of anilines is 3. The van der Waals surface area contributed by atoms with Gasteiger partial charge in [0.1, 0.15) is 0 Å². The Hall–Kier alpha value is -2.47. The SMILES string of the molecule is CCOC(=O)CSCC(=O)N(c1ccc(Nc2ccccc2)cc1)C(C)C. The van der Waals surface area contributed by atoms with Gasteiger partial charge in [-0.05, 0) is 57.2 Å². The van der Waals surface area contributed by atoms with Crippen LogP contribution < -0.4 is 10.2 Å². The summed E-state index contributed by atoms with van der Waals surface area (Å²) < 4.78 is 4.89. The second-order valence-corrected chi connectivity index (χ2v) is 7.18. The fraction of sp³-hybridized carbons (Fsp3) is 0.333. The third-order valence-electron chi connectivity index (χ3n) is 3.74. The van der Waals surface area contributed by atoms with Crippen molar-refractivity contribution in [2.75, 3.05) is 28.3 Å². The zero-order valence-corrected chi connectivity index (χ0v) is 16.8. The van der Waals surface area contributed by atoms with E-state index in [1.807, 2.05) is 68.4 Å². The summed E-state index contributed by atoms with van der Waals surface area (Å²) >= 11 is 1.28. The standard InChI is InChI=1S/C21H26N2O3S/c1-4-26-21(25)15-27-14-20(24)23(16(2)3)19-12-10-18(11-13-19)22-17-8-6-5-7-9-17/h5-13,16,22H,4,14-15H2,1-3H3. The summed E-state index contributed by atoms with van der Waals surface area (Å²) in [6.07, 6.45) is 0. The molecule has 0 aliphatic heterocycles. The molecule has 0 aliphatic rings. The van der Waals surface area contributed by atoms with Crippen LogP contribution in [-0.4, -0.2) is 36.0 Å². The minimum atomic E-state index is -0.289. The first kappa shape index (κ1) is 20.8. The molecule has 0 bridgehead atoms. The average Bonchev–Trinajstić information content (AvgIpc) is 2.64. The van der Waals surface area contributed by atoms with Crippen LogP contribution in [0.5, 0.6) is 0 Å². The number of esters is 1. The predicted octanol–water partition coefficient (Wildman–Crippen LogP) is 4.47. The van der Waals surface area contributed by atoms with E-state index < -0.39 is 0 Å². The monoisotopic (exact) mass is 386 g/mol. The topological polar surface area (TPSA) is 58.6 Å². The molecule has 0 fully saturated rings. The molecule has 0 heterocycles. The number of thioether (sulfide) groups is 1. The summed E-state index contributed by atoms with van der Waals surface area (Å²) in [6, 6.07) is 17.7. The molecule has 0 saturated heterocycles. The average molecular weight is 387 g/mol. The van der Waals surface area contributed by atoms with Gasteiger partial charge in [0.2, 0.25) is 5.91 Å². The zero-order chi connectivity index (χ0) is 19.6. The number of amides is 1. The minimum Gasteiger partial charge on any atom is -0.465 e. The van der Waals surface area contributed by atoms with Gasteiger partial charge in [-0.25, -0.2) is 0 Å². The fourth-order valence-electron chi connectivity index (χ4n) is 2.62. The van der Waals surface area contributed by atoms with E-state index in [0.717, 1.165) is 17.1 Å². The van der Waals surface area contributed by atoms with Gasteiger partial charge in [-0.15, -0.1) is 11.8 Å². The lowest BCUT2D eigenvalue weighted by atomic mass is 10.2. The van der Waals surface area contributed by atoms with Gasteiger partial charge in [0, 0.05) is 23.1 Å². The highest BCUT2D eigenvalue weighted by Gasteiger charge is 2.19. The molecular weight excluding hydrogens is 360 g/mol. The van der Waals surface area contributed by atoms with Crippen LogP contribution in [0, 0.1) is 0 Å². The van der Waals surface area contributed by atoms with Crippen molar-refractivity contribution >= 4 is 40.7 Å². The number of carbonyl (C=O) groups excluding carboxylic acids is 2. The van der Waals surface area contributed by atoms with E-state index in [2.05, 4.69) is 5.32 Å². The third-order valence-corrected chi connectivity index (χ3v) is 4.63. The molecule has 0 radical (unpaired) electrons. The second kappa shape index (κ2) is 10.6. The molecule has 0 spiro atoms. The van der Waals surface area contributed by atoms with E-state index in [1.165, 1.54) is 11.8 Å². The molecule has 144 valence electrons. The summed E-state index contributed by atoms with van der Waals surface area (Å²) in [7, 11) is 0. The fourth-order valence-corrected chi connectivity index (χ4v) is 3.28. The van der Waals surface area contributed by atoms with Crippen LogP contribution in [0.4, 0.5) is 17.1 Å². The Morgan fingerprint density at radius 1 is 1.00 bits per heavy atom. The van der Waals surface area contributed by atoms with Crippen molar-refractivity contribution in [3.8, 4) is 0 Å². The highest BCUT2D eigenvalue weighted by Crippen LogP contribution is 2.23. The number of hydrogen-bond acceptors (Lipinski definition) is 5. The Balaban J connectivity index is 1.99. The van der Waals surface area contributed by atoms with Crippen LogP contribution >= 0.6 is 11.8 Å². The Labute approximate surface area is 165 Å². The quantitative estimate of drug-likeness (QED) is 0.645. The van der Waals surface area contributed by atoms with Crippen molar-refractivity contribution < 1.29 is 14.3 Å². The highest BCUT2D eigenvalue weighted by atomic mass is 32.2. The van der Waals surface area contributed by atoms with Gasteiger partial charge in [-0.1, -0.05) is 18.2 Å². The first-order valence-electron chi connectivity index (χ1n) is 8.98. The van der Waals surface area contributed by atoms with Crippen LogP contribution in [-0.2, 0) is 14.3 Å². The molecule has 0 atom stereocenters. The lowest BCUT2D eigenvalue weighted by molar-refractivity contribution is -0.139. The lowest BCUT2D eigenvalue weighted by Crippen LogP contribution is -2.38. The molecule has 27 heavy (non-hydrogen) atoms. The van der Waals surface area contributed by atoms with E-state index >= 15 is 0 Å². The molecule has 5 nitrogen and oxygen atoms in total. The van der Waals surface area contributed by atoms with Crippen molar-refractivity contribution in [3.05, 3.63) is 54.6 Å². The lowest BCUT2D eigenvalue weighted by Gasteiger charge is -2.27. The smallest absolute Gasteiger partial charge is 0.315 e. The number of ether oxygens (including phenoxy) is 1. The third kappa shape index (κ3) is 6.64. The maximum atomic E-state index is 12.6. The molecule has 0 saturated carbocycles. The van der Waals surface area contributed by atoms with E-state index in [4.69, 9.17) is 4.74 Å². The normalized spacial score (nSPS) is 10.5. The number of nitrogens with one attached hydrogen (secondary N) is 1. The van der Waals surface area contributed by atoms with Crippen LogP contribution in [0.15, 0.2) is 54.6 Å². The first-order valence-corrected chi connectivity index (χ1v) is 10.1. The van der Waals surface area contributed by atoms with E-state index in [-0.39, 0.29) is 29.4 Å². The Morgan fingerprint density at radius 2 is 1.63 bits per heavy atom. The van der Waals surface area contributed by atoms with Gasteiger partial charge < -0.3 is 15.0 Å². The van der Waals surface area contributed by atoms with Crippen molar-refractivity contribution in [3.63, 3.8) is 0 Å². The molecule has 6 heteroatoms. The summed E-state index contributed by atoms with van der Waals surface area (Å²) in [5.41, 5.74) is 2.81. The minimum absolute atomic E-state index is 0.0219. The number of benzene rings is 2. The summed E-state index contributed by atoms with van der Waals surface area (Å²) in [4.78, 5) is 25.8. The van der Waals surface area contributed by atoms with Crippen LogP contribution in [0.2, 0.25) is 0 Å². The summed E-state index contributed by atoms with van der Waals surface area (Å²) in [5, 5.41) is 3.33. The van der Waals surface area contributed by atoms with Gasteiger partial charge in [-0.3, -0.25) is 9.59 Å². The largest absolute Gasteiger partial charge is 0.465 e. The van der Waals surface area contributed by atoms with Crippen LogP contribution in [0.25, 0.3) is 0 Å². The van der Waals surface area contributed by atoms with E-state index in [1.54, 1.807) is 11.8 Å². The Bertz CT molecular complexity index is 733. The van der Waals surface area contributed by atoms with E-state index in [9.17, 15) is 9.59 Å². The Morgan fingerprint density at radius 3 is 2.22 bits per heavy atom. The maximum absolute atomic E-state index is 12.6. The molecule has 1 N–H and O–H groups in total. The molecule has 0 unspecified atom stereocenters. The summed E-state index contributed by atoms with van der Waals surface area (Å²) in [5.74, 6) is 0.109. The predicted molar refractivity (Wildman–Crippen MR) is 113 cm³/mol. The number of hydrogen-bond donors (Lipinski definition) is 1.